The maximum atomic E-state index is 13.4. The lowest BCUT2D eigenvalue weighted by Crippen LogP contribution is -2.53. The summed E-state index contributed by atoms with van der Waals surface area (Å²) >= 11 is 5.17. The third kappa shape index (κ3) is 3.13. The monoisotopic (exact) mass is 481 g/mol. The van der Waals surface area contributed by atoms with Crippen molar-refractivity contribution in [3.8, 4) is 0 Å². The molecular formula is C20H24BrN3O4S. The fraction of sp³-hybridized carbons (Fsp3) is 0.550. The van der Waals surface area contributed by atoms with Gasteiger partial charge in [0.2, 0.25) is 17.7 Å². The van der Waals surface area contributed by atoms with Gasteiger partial charge in [0.15, 0.2) is 0 Å². The first-order valence-corrected chi connectivity index (χ1v) is 11.9. The molecule has 4 rings (SSSR count). The van der Waals surface area contributed by atoms with Crippen LogP contribution in [0.25, 0.3) is 0 Å². The Balaban J connectivity index is 1.77. The van der Waals surface area contributed by atoms with Crippen LogP contribution in [0.15, 0.2) is 22.7 Å². The van der Waals surface area contributed by atoms with Crippen LogP contribution in [-0.2, 0) is 24.7 Å². The van der Waals surface area contributed by atoms with E-state index in [4.69, 9.17) is 4.74 Å². The molecule has 29 heavy (non-hydrogen) atoms. The van der Waals surface area contributed by atoms with E-state index in [-0.39, 0.29) is 23.8 Å². The Morgan fingerprint density at radius 2 is 2.07 bits per heavy atom. The summed E-state index contributed by atoms with van der Waals surface area (Å²) in [5.74, 6) is -1.13. The third-order valence-corrected chi connectivity index (χ3v) is 7.27. The van der Waals surface area contributed by atoms with Crippen molar-refractivity contribution in [2.24, 2.45) is 11.8 Å². The van der Waals surface area contributed by atoms with Gasteiger partial charge in [0, 0.05) is 42.0 Å². The number of anilines is 1. The Labute approximate surface area is 182 Å². The Hall–Kier alpha value is -1.42. The summed E-state index contributed by atoms with van der Waals surface area (Å²) in [4.78, 5) is 41.3. The highest BCUT2D eigenvalue weighted by Gasteiger charge is 2.70. The highest BCUT2D eigenvalue weighted by atomic mass is 79.9. The average Bonchev–Trinajstić information content (AvgIpc) is 3.27. The first-order valence-electron chi connectivity index (χ1n) is 9.68. The molecule has 2 saturated heterocycles. The van der Waals surface area contributed by atoms with Crippen molar-refractivity contribution >= 4 is 51.1 Å². The molecule has 0 radical (unpaired) electrons. The number of hydrogen-bond donors (Lipinski definition) is 2. The molecule has 7 nitrogen and oxygen atoms in total. The average molecular weight is 482 g/mol. The quantitative estimate of drug-likeness (QED) is 0.457. The van der Waals surface area contributed by atoms with Crippen LogP contribution in [0.3, 0.4) is 0 Å². The molecular weight excluding hydrogens is 458 g/mol. The number of carbonyl (C=O) groups is 3. The molecule has 0 saturated carbocycles. The van der Waals surface area contributed by atoms with Gasteiger partial charge in [-0.3, -0.25) is 24.6 Å². The summed E-state index contributed by atoms with van der Waals surface area (Å²) in [6.45, 7) is 0.790. The van der Waals surface area contributed by atoms with Crippen LogP contribution in [0.2, 0.25) is 0 Å². The van der Waals surface area contributed by atoms with Crippen LogP contribution in [0.1, 0.15) is 18.4 Å². The smallest absolute Gasteiger partial charge is 0.250 e. The van der Waals surface area contributed by atoms with E-state index in [1.54, 1.807) is 18.9 Å². The first-order chi connectivity index (χ1) is 14.0. The number of likely N-dealkylation sites (tertiary alicyclic amines) is 1. The van der Waals surface area contributed by atoms with Crippen molar-refractivity contribution in [1.29, 1.82) is 0 Å². The number of benzene rings is 1. The summed E-state index contributed by atoms with van der Waals surface area (Å²) in [6, 6.07) is 5.33. The fourth-order valence-electron chi connectivity index (χ4n) is 4.91. The van der Waals surface area contributed by atoms with Gasteiger partial charge in [-0.15, -0.1) is 0 Å². The van der Waals surface area contributed by atoms with Gasteiger partial charge in [-0.05, 0) is 43.0 Å². The van der Waals surface area contributed by atoms with Crippen LogP contribution in [-0.4, -0.2) is 60.9 Å². The molecule has 1 aromatic rings. The summed E-state index contributed by atoms with van der Waals surface area (Å²) in [7, 11) is 1.59. The number of thioether (sulfide) groups is 1. The number of nitrogens with zero attached hydrogens (tertiary/aromatic N) is 1. The van der Waals surface area contributed by atoms with E-state index in [2.05, 4.69) is 26.6 Å². The standard InChI is InChI=1S/C20H24BrN3O4S/c1-28-8-3-7-24-17(25)15-14(6-9-29-2)23-20(16(15)18(24)26)12-10-11(21)4-5-13(12)22-19(20)27/h4-5,10,14-16,23H,3,6-9H2,1-2H3,(H,22,27)/t14-,15+,16-,20+/m0/s1. The van der Waals surface area contributed by atoms with Crippen molar-refractivity contribution in [3.63, 3.8) is 0 Å². The highest BCUT2D eigenvalue weighted by Crippen LogP contribution is 2.53. The van der Waals surface area contributed by atoms with Crippen LogP contribution >= 0.6 is 27.7 Å². The molecule has 156 valence electrons. The van der Waals surface area contributed by atoms with Gasteiger partial charge in [-0.25, -0.2) is 0 Å². The van der Waals surface area contributed by atoms with Gasteiger partial charge >= 0.3 is 0 Å². The molecule has 2 fully saturated rings. The molecule has 4 atom stereocenters. The summed E-state index contributed by atoms with van der Waals surface area (Å²) in [6.07, 6.45) is 3.30. The topological polar surface area (TPSA) is 87.7 Å². The number of amides is 3. The lowest BCUT2D eigenvalue weighted by atomic mass is 9.76. The van der Waals surface area contributed by atoms with Crippen molar-refractivity contribution in [3.05, 3.63) is 28.2 Å². The van der Waals surface area contributed by atoms with E-state index >= 15 is 0 Å². The third-order valence-electron chi connectivity index (χ3n) is 6.13. The highest BCUT2D eigenvalue weighted by molar-refractivity contribution is 9.10. The molecule has 9 heteroatoms. The van der Waals surface area contributed by atoms with Crippen LogP contribution in [0.4, 0.5) is 5.69 Å². The van der Waals surface area contributed by atoms with Crippen molar-refractivity contribution in [2.45, 2.75) is 24.4 Å². The number of nitrogens with one attached hydrogen (secondary N) is 2. The van der Waals surface area contributed by atoms with Gasteiger partial charge in [-0.2, -0.15) is 11.8 Å². The Bertz CT molecular complexity index is 866. The maximum absolute atomic E-state index is 13.4. The molecule has 3 amide bonds. The van der Waals surface area contributed by atoms with E-state index < -0.39 is 17.4 Å². The number of methoxy groups -OCH3 is 1. The van der Waals surface area contributed by atoms with E-state index in [1.807, 2.05) is 24.5 Å². The Morgan fingerprint density at radius 1 is 1.28 bits per heavy atom. The zero-order valence-electron chi connectivity index (χ0n) is 16.4. The molecule has 2 N–H and O–H groups in total. The van der Waals surface area contributed by atoms with Gasteiger partial charge < -0.3 is 10.1 Å². The van der Waals surface area contributed by atoms with E-state index in [1.165, 1.54) is 4.90 Å². The minimum atomic E-state index is -1.21. The van der Waals surface area contributed by atoms with Crippen LogP contribution in [0, 0.1) is 11.8 Å². The number of fused-ring (bicyclic) bond motifs is 4. The number of carbonyl (C=O) groups excluding carboxylic acids is 3. The van der Waals surface area contributed by atoms with Crippen molar-refractivity contribution in [1.82, 2.24) is 10.2 Å². The van der Waals surface area contributed by atoms with Gasteiger partial charge in [0.05, 0.1) is 11.8 Å². The fourth-order valence-corrected chi connectivity index (χ4v) is 5.77. The molecule has 0 aromatic heterocycles. The molecule has 0 unspecified atom stereocenters. The predicted molar refractivity (Wildman–Crippen MR) is 115 cm³/mol. The number of ether oxygens (including phenoxy) is 1. The lowest BCUT2D eigenvalue weighted by molar-refractivity contribution is -0.143. The van der Waals surface area contributed by atoms with E-state index in [0.29, 0.717) is 31.7 Å². The normalized spacial score (nSPS) is 30.2. The van der Waals surface area contributed by atoms with Gasteiger partial charge in [0.25, 0.3) is 0 Å². The minimum Gasteiger partial charge on any atom is -0.385 e. The van der Waals surface area contributed by atoms with Crippen molar-refractivity contribution < 1.29 is 19.1 Å². The molecule has 3 aliphatic heterocycles. The van der Waals surface area contributed by atoms with Crippen LogP contribution < -0.4 is 10.6 Å². The van der Waals surface area contributed by atoms with Crippen LogP contribution in [0.5, 0.6) is 0 Å². The number of halogens is 1. The summed E-state index contributed by atoms with van der Waals surface area (Å²) < 4.78 is 5.90. The predicted octanol–water partition coefficient (Wildman–Crippen LogP) is 1.96. The molecule has 1 aromatic carbocycles. The molecule has 1 spiro atoms. The summed E-state index contributed by atoms with van der Waals surface area (Å²) in [5, 5.41) is 6.37. The summed E-state index contributed by atoms with van der Waals surface area (Å²) in [5.41, 5.74) is 0.210. The van der Waals surface area contributed by atoms with Gasteiger partial charge in [-0.1, -0.05) is 15.9 Å². The minimum absolute atomic E-state index is 0.178. The molecule has 3 heterocycles. The Morgan fingerprint density at radius 3 is 2.79 bits per heavy atom. The molecule has 3 aliphatic rings. The van der Waals surface area contributed by atoms with E-state index in [9.17, 15) is 14.4 Å². The second kappa shape index (κ2) is 8.02. The zero-order chi connectivity index (χ0) is 20.8. The number of imide groups is 1. The number of rotatable bonds is 7. The lowest BCUT2D eigenvalue weighted by Gasteiger charge is -2.29. The SMILES string of the molecule is COCCCN1C(=O)[C@@H]2[C@H](CCSC)N[C@@]3(C(=O)Nc4ccc(Br)cc43)[C@@H]2C1=O. The first kappa shape index (κ1) is 20.8. The Kier molecular flexibility index (Phi) is 5.76. The van der Waals surface area contributed by atoms with E-state index in [0.717, 1.165) is 15.8 Å². The van der Waals surface area contributed by atoms with Gasteiger partial charge in [0.1, 0.15) is 5.54 Å². The largest absolute Gasteiger partial charge is 0.385 e. The second-order valence-corrected chi connectivity index (χ2v) is 9.56. The molecule has 0 bridgehead atoms. The number of hydrogen-bond acceptors (Lipinski definition) is 6. The second-order valence-electron chi connectivity index (χ2n) is 7.66. The maximum Gasteiger partial charge on any atom is 0.250 e. The zero-order valence-corrected chi connectivity index (χ0v) is 18.8. The molecule has 0 aliphatic carbocycles. The van der Waals surface area contributed by atoms with Crippen molar-refractivity contribution in [2.75, 3.05) is 37.6 Å².